The van der Waals surface area contributed by atoms with Crippen molar-refractivity contribution in [3.63, 3.8) is 0 Å². The summed E-state index contributed by atoms with van der Waals surface area (Å²) in [4.78, 5) is 0. The highest BCUT2D eigenvalue weighted by Gasteiger charge is 2.18. The lowest BCUT2D eigenvalue weighted by molar-refractivity contribution is 0.201. The van der Waals surface area contributed by atoms with E-state index in [1.165, 1.54) is 12.8 Å². The van der Waals surface area contributed by atoms with Crippen LogP contribution in [-0.4, -0.2) is 24.4 Å². The number of benzene rings is 1. The summed E-state index contributed by atoms with van der Waals surface area (Å²) in [5, 5.41) is 6.01. The first-order valence-electron chi connectivity index (χ1n) is 7.51. The lowest BCUT2D eigenvalue weighted by atomic mass is 10.2. The highest BCUT2D eigenvalue weighted by Crippen LogP contribution is 2.32. The molecule has 1 heterocycles. The van der Waals surface area contributed by atoms with Gasteiger partial charge in [0, 0.05) is 0 Å². The smallest absolute Gasteiger partial charge is 0.162 e. The summed E-state index contributed by atoms with van der Waals surface area (Å²) in [6.07, 6.45) is 13.4. The largest absolute Gasteiger partial charge is 0.493 e. The molecule has 0 amide bonds. The first kappa shape index (κ1) is 14.5. The molecule has 0 N–H and O–H groups in total. The predicted octanol–water partition coefficient (Wildman–Crippen LogP) is 3.63. The highest BCUT2D eigenvalue weighted by molar-refractivity contribution is 5.80. The number of hydrazone groups is 1. The Labute approximate surface area is 130 Å². The molecule has 0 unspecified atom stereocenters. The zero-order chi connectivity index (χ0) is 15.2. The van der Waals surface area contributed by atoms with E-state index in [0.29, 0.717) is 6.10 Å². The van der Waals surface area contributed by atoms with Crippen molar-refractivity contribution in [1.29, 1.82) is 0 Å². The number of ether oxygens (including phenoxy) is 3. The lowest BCUT2D eigenvalue weighted by Crippen LogP contribution is -2.11. The van der Waals surface area contributed by atoms with Crippen LogP contribution in [0.15, 0.2) is 48.2 Å². The molecule has 1 aromatic carbocycles. The molecule has 1 fully saturated rings. The second-order valence-corrected chi connectivity index (χ2v) is 5.27. The molecular formula is C17H20N2O3. The van der Waals surface area contributed by atoms with Crippen molar-refractivity contribution in [2.24, 2.45) is 5.10 Å². The van der Waals surface area contributed by atoms with Gasteiger partial charge in [-0.3, -0.25) is 0 Å². The molecule has 2 aliphatic rings. The van der Waals surface area contributed by atoms with E-state index in [1.807, 2.05) is 18.2 Å². The van der Waals surface area contributed by atoms with Crippen LogP contribution in [0, 0.1) is 0 Å². The molecule has 0 saturated heterocycles. The van der Waals surface area contributed by atoms with Crippen LogP contribution in [-0.2, 0) is 4.74 Å². The fourth-order valence-electron chi connectivity index (χ4n) is 2.55. The Morgan fingerprint density at radius 2 is 1.95 bits per heavy atom. The number of methoxy groups -OCH3 is 1. The number of rotatable bonds is 5. The number of hydrogen-bond donors (Lipinski definition) is 0. The Balaban J connectivity index is 1.73. The average Bonchev–Trinajstić information content (AvgIpc) is 3.07. The maximum Gasteiger partial charge on any atom is 0.162 e. The van der Waals surface area contributed by atoms with Gasteiger partial charge in [-0.15, -0.1) is 0 Å². The van der Waals surface area contributed by atoms with Crippen LogP contribution in [0.25, 0.3) is 0 Å². The van der Waals surface area contributed by atoms with E-state index in [2.05, 4.69) is 5.10 Å². The fraction of sp³-hybridized carbons (Fsp3) is 0.353. The fourth-order valence-corrected chi connectivity index (χ4v) is 2.55. The van der Waals surface area contributed by atoms with Crippen molar-refractivity contribution in [3.8, 4) is 11.5 Å². The van der Waals surface area contributed by atoms with Crippen LogP contribution < -0.4 is 9.47 Å². The molecule has 1 aliphatic heterocycles. The third kappa shape index (κ3) is 3.61. The van der Waals surface area contributed by atoms with Gasteiger partial charge in [-0.2, -0.15) is 5.10 Å². The molecule has 116 valence electrons. The van der Waals surface area contributed by atoms with Gasteiger partial charge in [0.05, 0.1) is 31.8 Å². The first-order valence-corrected chi connectivity index (χ1v) is 7.51. The maximum atomic E-state index is 6.08. The van der Waals surface area contributed by atoms with Gasteiger partial charge in [0.1, 0.15) is 12.5 Å². The maximum absolute atomic E-state index is 6.08. The highest BCUT2D eigenvalue weighted by atomic mass is 16.5. The summed E-state index contributed by atoms with van der Waals surface area (Å²) >= 11 is 0. The van der Waals surface area contributed by atoms with Crippen molar-refractivity contribution in [2.75, 3.05) is 7.11 Å². The summed E-state index contributed by atoms with van der Waals surface area (Å²) in [7, 11) is 1.66. The molecule has 0 spiro atoms. The normalized spacial score (nSPS) is 18.0. The van der Waals surface area contributed by atoms with E-state index in [-0.39, 0.29) is 0 Å². The van der Waals surface area contributed by atoms with Crippen LogP contribution in [0.5, 0.6) is 11.5 Å². The van der Waals surface area contributed by atoms with E-state index >= 15 is 0 Å². The minimum atomic E-state index is 0.297. The molecule has 5 heteroatoms. The summed E-state index contributed by atoms with van der Waals surface area (Å²) in [6.45, 7) is 0. The molecule has 3 rings (SSSR count). The van der Waals surface area contributed by atoms with Crippen molar-refractivity contribution in [1.82, 2.24) is 5.01 Å². The summed E-state index contributed by atoms with van der Waals surface area (Å²) in [6, 6.07) is 5.84. The van der Waals surface area contributed by atoms with Crippen molar-refractivity contribution in [2.45, 2.75) is 31.8 Å². The van der Waals surface area contributed by atoms with Crippen LogP contribution in [0.4, 0.5) is 0 Å². The second kappa shape index (κ2) is 7.02. The molecule has 1 saturated carbocycles. The Morgan fingerprint density at radius 1 is 1.18 bits per heavy atom. The zero-order valence-electron chi connectivity index (χ0n) is 12.6. The second-order valence-electron chi connectivity index (χ2n) is 5.27. The molecule has 0 atom stereocenters. The molecule has 1 aromatic rings. The Morgan fingerprint density at radius 3 is 2.68 bits per heavy atom. The molecule has 0 radical (unpaired) electrons. The molecular weight excluding hydrogens is 280 g/mol. The third-order valence-corrected chi connectivity index (χ3v) is 3.71. The molecule has 0 bridgehead atoms. The van der Waals surface area contributed by atoms with Gasteiger partial charge >= 0.3 is 0 Å². The van der Waals surface area contributed by atoms with E-state index in [1.54, 1.807) is 43.3 Å². The Hall–Kier alpha value is -2.43. The summed E-state index contributed by atoms with van der Waals surface area (Å²) < 4.78 is 16.4. The predicted molar refractivity (Wildman–Crippen MR) is 84.7 cm³/mol. The van der Waals surface area contributed by atoms with Gasteiger partial charge < -0.3 is 14.2 Å². The molecule has 0 aromatic heterocycles. The zero-order valence-corrected chi connectivity index (χ0v) is 12.6. The van der Waals surface area contributed by atoms with Crippen LogP contribution >= 0.6 is 0 Å². The van der Waals surface area contributed by atoms with Gasteiger partial charge in [0.15, 0.2) is 11.5 Å². The van der Waals surface area contributed by atoms with Gasteiger partial charge in [-0.1, -0.05) is 0 Å². The molecule has 1 aliphatic carbocycles. The van der Waals surface area contributed by atoms with E-state index in [9.17, 15) is 0 Å². The molecule has 5 nitrogen and oxygen atoms in total. The minimum absolute atomic E-state index is 0.297. The minimum Gasteiger partial charge on any atom is -0.493 e. The molecule has 22 heavy (non-hydrogen) atoms. The van der Waals surface area contributed by atoms with Gasteiger partial charge in [0.25, 0.3) is 0 Å². The van der Waals surface area contributed by atoms with Crippen LogP contribution in [0.1, 0.15) is 31.2 Å². The summed E-state index contributed by atoms with van der Waals surface area (Å²) in [5.41, 5.74) is 0.960. The van der Waals surface area contributed by atoms with Crippen molar-refractivity contribution in [3.05, 3.63) is 48.7 Å². The van der Waals surface area contributed by atoms with E-state index in [0.717, 1.165) is 29.9 Å². The standard InChI is InChI=1S/C17H20N2O3/c1-20-16-7-6-14(13-18-19-8-10-21-11-9-19)12-17(16)22-15-4-2-3-5-15/h6-13,15H,2-5H2,1H3. The van der Waals surface area contributed by atoms with E-state index in [4.69, 9.17) is 14.2 Å². The quantitative estimate of drug-likeness (QED) is 0.779. The summed E-state index contributed by atoms with van der Waals surface area (Å²) in [5.74, 6) is 1.54. The van der Waals surface area contributed by atoms with Gasteiger partial charge in [-0.05, 0) is 49.4 Å². The first-order chi connectivity index (χ1) is 10.8. The van der Waals surface area contributed by atoms with Crippen molar-refractivity contribution < 1.29 is 14.2 Å². The lowest BCUT2D eigenvalue weighted by Gasteiger charge is -2.16. The van der Waals surface area contributed by atoms with Gasteiger partial charge in [0.2, 0.25) is 0 Å². The number of nitrogens with zero attached hydrogens (tertiary/aromatic N) is 2. The average molecular weight is 300 g/mol. The third-order valence-electron chi connectivity index (χ3n) is 3.71. The van der Waals surface area contributed by atoms with Crippen molar-refractivity contribution >= 4 is 6.21 Å². The Kier molecular flexibility index (Phi) is 4.63. The van der Waals surface area contributed by atoms with Crippen LogP contribution in [0.2, 0.25) is 0 Å². The Bertz CT molecular complexity index is 578. The topological polar surface area (TPSA) is 43.3 Å². The van der Waals surface area contributed by atoms with E-state index < -0.39 is 0 Å². The van der Waals surface area contributed by atoms with Gasteiger partial charge in [-0.25, -0.2) is 5.01 Å². The monoisotopic (exact) mass is 300 g/mol. The SMILES string of the molecule is COc1ccc(C=NN2C=COC=C2)cc1OC1CCCC1. The van der Waals surface area contributed by atoms with Crippen LogP contribution in [0.3, 0.4) is 0 Å². The number of hydrogen-bond acceptors (Lipinski definition) is 5.